The van der Waals surface area contributed by atoms with Crippen molar-refractivity contribution in [3.8, 4) is 0 Å². The number of aryl methyl sites for hydroxylation is 1. The highest BCUT2D eigenvalue weighted by atomic mass is 32.2. The van der Waals surface area contributed by atoms with Gasteiger partial charge in [-0.3, -0.25) is 0 Å². The molecule has 2 rings (SSSR count). The number of nitrogen functional groups attached to an aromatic ring is 1. The van der Waals surface area contributed by atoms with Crippen LogP contribution in [0.5, 0.6) is 0 Å². The van der Waals surface area contributed by atoms with Crippen LogP contribution in [0.1, 0.15) is 12.5 Å². The number of thiol groups is 1. The Balaban J connectivity index is 2.80. The molecule has 1 nitrogen and oxygen atoms in total. The number of hydrogen-bond donors (Lipinski definition) is 2. The van der Waals surface area contributed by atoms with Crippen LogP contribution in [-0.2, 0) is 6.42 Å². The zero-order valence-electron chi connectivity index (χ0n) is 7.37. The zero-order chi connectivity index (χ0) is 9.42. The van der Waals surface area contributed by atoms with E-state index in [2.05, 4.69) is 25.6 Å². The van der Waals surface area contributed by atoms with Crippen molar-refractivity contribution < 1.29 is 0 Å². The van der Waals surface area contributed by atoms with E-state index in [4.69, 9.17) is 5.73 Å². The van der Waals surface area contributed by atoms with Gasteiger partial charge >= 0.3 is 0 Å². The molecule has 0 atom stereocenters. The molecule has 0 aliphatic carbocycles. The molecule has 68 valence electrons. The van der Waals surface area contributed by atoms with Gasteiger partial charge in [-0.1, -0.05) is 6.92 Å². The molecule has 1 heterocycles. The van der Waals surface area contributed by atoms with Gasteiger partial charge in [0, 0.05) is 10.4 Å². The Bertz CT molecular complexity index is 445. The van der Waals surface area contributed by atoms with Crippen LogP contribution in [0.3, 0.4) is 0 Å². The number of thiophene rings is 1. The van der Waals surface area contributed by atoms with Gasteiger partial charge in [0.2, 0.25) is 0 Å². The van der Waals surface area contributed by atoms with Crippen molar-refractivity contribution in [3.63, 3.8) is 0 Å². The predicted molar refractivity (Wildman–Crippen MR) is 62.9 cm³/mol. The minimum Gasteiger partial charge on any atom is -0.399 e. The first-order chi connectivity index (χ1) is 6.22. The lowest BCUT2D eigenvalue weighted by Crippen LogP contribution is -1.83. The highest BCUT2D eigenvalue weighted by Crippen LogP contribution is 2.35. The van der Waals surface area contributed by atoms with Gasteiger partial charge in [0.1, 0.15) is 0 Å². The number of fused-ring (bicyclic) bond motifs is 1. The van der Waals surface area contributed by atoms with E-state index in [0.29, 0.717) is 0 Å². The highest BCUT2D eigenvalue weighted by Gasteiger charge is 2.07. The van der Waals surface area contributed by atoms with Gasteiger partial charge in [-0.05, 0) is 35.6 Å². The molecule has 0 aliphatic rings. The molecule has 0 bridgehead atoms. The van der Waals surface area contributed by atoms with Crippen molar-refractivity contribution in [3.05, 3.63) is 23.8 Å². The second kappa shape index (κ2) is 3.24. The fraction of sp³-hybridized carbons (Fsp3) is 0.200. The van der Waals surface area contributed by atoms with Crippen molar-refractivity contribution in [1.82, 2.24) is 0 Å². The third-order valence-corrected chi connectivity index (χ3v) is 3.71. The third kappa shape index (κ3) is 1.42. The first kappa shape index (κ1) is 8.91. The Hall–Kier alpha value is -0.670. The number of hydrogen-bond acceptors (Lipinski definition) is 3. The van der Waals surface area contributed by atoms with E-state index in [0.717, 1.165) is 16.3 Å². The predicted octanol–water partition coefficient (Wildman–Crippen LogP) is 3.33. The van der Waals surface area contributed by atoms with Crippen molar-refractivity contribution in [2.75, 3.05) is 5.73 Å². The maximum atomic E-state index is 5.74. The third-order valence-electron chi connectivity index (χ3n) is 2.15. The minimum atomic E-state index is 0.827. The zero-order valence-corrected chi connectivity index (χ0v) is 9.08. The molecule has 1 aromatic heterocycles. The fourth-order valence-electron chi connectivity index (χ4n) is 1.50. The van der Waals surface area contributed by atoms with Crippen LogP contribution < -0.4 is 5.73 Å². The summed E-state index contributed by atoms with van der Waals surface area (Å²) in [6.45, 7) is 2.14. The standard InChI is InChI=1S/C10H11NS2/c1-2-7-8-5-6(11)3-4-9(8)13-10(7)12/h3-5,12H,2,11H2,1H3. The highest BCUT2D eigenvalue weighted by molar-refractivity contribution is 7.83. The lowest BCUT2D eigenvalue weighted by molar-refractivity contribution is 1.13. The number of benzene rings is 1. The summed E-state index contributed by atoms with van der Waals surface area (Å²) in [7, 11) is 0. The molecule has 2 aromatic rings. The van der Waals surface area contributed by atoms with Crippen molar-refractivity contribution >= 4 is 39.7 Å². The quantitative estimate of drug-likeness (QED) is 0.547. The van der Waals surface area contributed by atoms with E-state index < -0.39 is 0 Å². The Morgan fingerprint density at radius 1 is 1.46 bits per heavy atom. The smallest absolute Gasteiger partial charge is 0.0612 e. The summed E-state index contributed by atoms with van der Waals surface area (Å²) in [5.74, 6) is 0. The molecule has 13 heavy (non-hydrogen) atoms. The first-order valence-corrected chi connectivity index (χ1v) is 5.48. The van der Waals surface area contributed by atoms with E-state index in [1.165, 1.54) is 15.6 Å². The molecule has 3 heteroatoms. The van der Waals surface area contributed by atoms with Crippen LogP contribution in [0, 0.1) is 0 Å². The summed E-state index contributed by atoms with van der Waals surface area (Å²) in [4.78, 5) is 0. The summed E-state index contributed by atoms with van der Waals surface area (Å²) < 4.78 is 2.39. The van der Waals surface area contributed by atoms with E-state index in [-0.39, 0.29) is 0 Å². The number of nitrogens with two attached hydrogens (primary N) is 1. The van der Waals surface area contributed by atoms with Gasteiger partial charge in [0.15, 0.2) is 0 Å². The minimum absolute atomic E-state index is 0.827. The Morgan fingerprint density at radius 3 is 2.92 bits per heavy atom. The van der Waals surface area contributed by atoms with Gasteiger partial charge in [-0.15, -0.1) is 24.0 Å². The van der Waals surface area contributed by atoms with Crippen LogP contribution in [0.15, 0.2) is 22.4 Å². The monoisotopic (exact) mass is 209 g/mol. The van der Waals surface area contributed by atoms with Crippen molar-refractivity contribution in [1.29, 1.82) is 0 Å². The number of anilines is 1. The molecule has 1 aromatic carbocycles. The van der Waals surface area contributed by atoms with Gasteiger partial charge in [-0.2, -0.15) is 0 Å². The van der Waals surface area contributed by atoms with E-state index in [1.54, 1.807) is 11.3 Å². The maximum absolute atomic E-state index is 5.74. The Morgan fingerprint density at radius 2 is 2.23 bits per heavy atom. The molecule has 2 N–H and O–H groups in total. The normalized spacial score (nSPS) is 10.9. The first-order valence-electron chi connectivity index (χ1n) is 4.22. The molecular weight excluding hydrogens is 198 g/mol. The summed E-state index contributed by atoms with van der Waals surface area (Å²) in [5.41, 5.74) is 7.88. The van der Waals surface area contributed by atoms with Crippen molar-refractivity contribution in [2.24, 2.45) is 0 Å². The van der Waals surface area contributed by atoms with Crippen LogP contribution in [0.2, 0.25) is 0 Å². The van der Waals surface area contributed by atoms with E-state index in [9.17, 15) is 0 Å². The summed E-state index contributed by atoms with van der Waals surface area (Å²) >= 11 is 6.17. The Labute approximate surface area is 87.0 Å². The van der Waals surface area contributed by atoms with Gasteiger partial charge in [0.25, 0.3) is 0 Å². The van der Waals surface area contributed by atoms with Crippen LogP contribution >= 0.6 is 24.0 Å². The molecule has 0 saturated carbocycles. The average molecular weight is 209 g/mol. The second-order valence-electron chi connectivity index (χ2n) is 2.99. The van der Waals surface area contributed by atoms with E-state index >= 15 is 0 Å². The fourth-order valence-corrected chi connectivity index (χ4v) is 3.08. The Kier molecular flexibility index (Phi) is 2.22. The topological polar surface area (TPSA) is 26.0 Å². The second-order valence-corrected chi connectivity index (χ2v) is 4.80. The molecule has 0 radical (unpaired) electrons. The summed E-state index contributed by atoms with van der Waals surface area (Å²) in [6, 6.07) is 6.03. The molecule has 0 fully saturated rings. The van der Waals surface area contributed by atoms with E-state index in [1.807, 2.05) is 12.1 Å². The maximum Gasteiger partial charge on any atom is 0.0612 e. The molecule has 0 unspecified atom stereocenters. The molecular formula is C10H11NS2. The summed E-state index contributed by atoms with van der Waals surface area (Å²) in [5, 5.41) is 1.26. The van der Waals surface area contributed by atoms with Crippen LogP contribution in [0.4, 0.5) is 5.69 Å². The summed E-state index contributed by atoms with van der Waals surface area (Å²) in [6.07, 6.45) is 1.02. The van der Waals surface area contributed by atoms with Gasteiger partial charge < -0.3 is 5.73 Å². The lowest BCUT2D eigenvalue weighted by atomic mass is 10.1. The van der Waals surface area contributed by atoms with Gasteiger partial charge in [0.05, 0.1) is 4.21 Å². The van der Waals surface area contributed by atoms with Crippen LogP contribution in [-0.4, -0.2) is 0 Å². The van der Waals surface area contributed by atoms with Crippen molar-refractivity contribution in [2.45, 2.75) is 17.6 Å². The molecule has 0 saturated heterocycles. The average Bonchev–Trinajstić information content (AvgIpc) is 2.40. The lowest BCUT2D eigenvalue weighted by Gasteiger charge is -1.96. The molecule has 0 amide bonds. The molecule has 0 aliphatic heterocycles. The largest absolute Gasteiger partial charge is 0.399 e. The van der Waals surface area contributed by atoms with Gasteiger partial charge in [-0.25, -0.2) is 0 Å². The number of rotatable bonds is 1. The van der Waals surface area contributed by atoms with Crippen LogP contribution in [0.25, 0.3) is 10.1 Å². The SMILES string of the molecule is CCc1c(S)sc2ccc(N)cc12. The molecule has 0 spiro atoms.